The van der Waals surface area contributed by atoms with Crippen LogP contribution in [0.5, 0.6) is 0 Å². The number of pyridine rings is 1. The number of amides is 1. The summed E-state index contributed by atoms with van der Waals surface area (Å²) >= 11 is 5.94. The number of carbonyl (C=O) groups excluding carboxylic acids is 1. The van der Waals surface area contributed by atoms with E-state index in [1.807, 2.05) is 0 Å². The van der Waals surface area contributed by atoms with Gasteiger partial charge in [-0.2, -0.15) is 0 Å². The second-order valence-corrected chi connectivity index (χ2v) is 5.81. The number of nitrogens with zero attached hydrogens (tertiary/aromatic N) is 1. The van der Waals surface area contributed by atoms with Crippen LogP contribution >= 0.6 is 11.6 Å². The SMILES string of the molecule is CC(C)C1(CNC(=O)c2cnc(NN)c(Cl)c2)CC1. The molecule has 2 rings (SSSR count). The van der Waals surface area contributed by atoms with Crippen molar-refractivity contribution in [3.8, 4) is 0 Å². The lowest BCUT2D eigenvalue weighted by atomic mass is 9.92. The molecule has 19 heavy (non-hydrogen) atoms. The smallest absolute Gasteiger partial charge is 0.252 e. The van der Waals surface area contributed by atoms with E-state index in [2.05, 4.69) is 29.6 Å². The third-order valence-corrected chi connectivity index (χ3v) is 4.25. The minimum atomic E-state index is -0.148. The number of halogens is 1. The molecule has 1 aromatic rings. The Bertz CT molecular complexity index is 486. The van der Waals surface area contributed by atoms with Crippen LogP contribution in [-0.4, -0.2) is 17.4 Å². The van der Waals surface area contributed by atoms with Crippen LogP contribution in [0.3, 0.4) is 0 Å². The summed E-state index contributed by atoms with van der Waals surface area (Å²) in [6.45, 7) is 5.09. The van der Waals surface area contributed by atoms with Gasteiger partial charge in [-0.1, -0.05) is 25.4 Å². The maximum atomic E-state index is 12.0. The first-order chi connectivity index (χ1) is 8.98. The molecule has 0 atom stereocenters. The lowest BCUT2D eigenvalue weighted by molar-refractivity contribution is 0.0939. The minimum absolute atomic E-state index is 0.148. The van der Waals surface area contributed by atoms with Crippen molar-refractivity contribution < 1.29 is 4.79 Å². The van der Waals surface area contributed by atoms with Crippen molar-refractivity contribution in [3.05, 3.63) is 22.8 Å². The lowest BCUT2D eigenvalue weighted by Gasteiger charge is -2.20. The molecular formula is C13H19ClN4O. The van der Waals surface area contributed by atoms with Gasteiger partial charge in [0.1, 0.15) is 0 Å². The van der Waals surface area contributed by atoms with Gasteiger partial charge in [-0.25, -0.2) is 10.8 Å². The number of hydrazine groups is 1. The van der Waals surface area contributed by atoms with E-state index in [0.717, 1.165) is 0 Å². The Morgan fingerprint density at radius 3 is 2.74 bits per heavy atom. The van der Waals surface area contributed by atoms with Crippen molar-refractivity contribution in [3.63, 3.8) is 0 Å². The van der Waals surface area contributed by atoms with Gasteiger partial charge < -0.3 is 10.7 Å². The molecule has 0 bridgehead atoms. The van der Waals surface area contributed by atoms with E-state index in [4.69, 9.17) is 17.4 Å². The van der Waals surface area contributed by atoms with Crippen LogP contribution in [0.25, 0.3) is 0 Å². The average Bonchev–Trinajstić information content (AvgIpc) is 3.17. The van der Waals surface area contributed by atoms with Crippen molar-refractivity contribution in [1.29, 1.82) is 0 Å². The first kappa shape index (κ1) is 14.1. The first-order valence-electron chi connectivity index (χ1n) is 6.39. The number of hydrogen-bond acceptors (Lipinski definition) is 4. The predicted molar refractivity (Wildman–Crippen MR) is 75.9 cm³/mol. The molecule has 0 spiro atoms. The van der Waals surface area contributed by atoms with Crippen LogP contribution in [0.2, 0.25) is 5.02 Å². The summed E-state index contributed by atoms with van der Waals surface area (Å²) in [4.78, 5) is 16.0. The zero-order chi connectivity index (χ0) is 14.0. The van der Waals surface area contributed by atoms with Crippen molar-refractivity contribution in [1.82, 2.24) is 10.3 Å². The van der Waals surface area contributed by atoms with E-state index in [9.17, 15) is 4.79 Å². The molecule has 0 saturated heterocycles. The number of nitrogens with one attached hydrogen (secondary N) is 2. The van der Waals surface area contributed by atoms with Crippen LogP contribution in [0.4, 0.5) is 5.82 Å². The van der Waals surface area contributed by atoms with Gasteiger partial charge in [-0.05, 0) is 30.2 Å². The maximum absolute atomic E-state index is 12.0. The molecule has 4 N–H and O–H groups in total. The van der Waals surface area contributed by atoms with Gasteiger partial charge in [-0.3, -0.25) is 4.79 Å². The Morgan fingerprint density at radius 1 is 1.58 bits per heavy atom. The van der Waals surface area contributed by atoms with Gasteiger partial charge in [0, 0.05) is 12.7 Å². The number of hydrogen-bond donors (Lipinski definition) is 3. The van der Waals surface area contributed by atoms with Gasteiger partial charge in [-0.15, -0.1) is 0 Å². The number of carbonyl (C=O) groups is 1. The molecule has 1 saturated carbocycles. The lowest BCUT2D eigenvalue weighted by Crippen LogP contribution is -2.32. The van der Waals surface area contributed by atoms with Crippen LogP contribution in [-0.2, 0) is 0 Å². The van der Waals surface area contributed by atoms with E-state index >= 15 is 0 Å². The highest BCUT2D eigenvalue weighted by Gasteiger charge is 2.45. The molecule has 0 aliphatic heterocycles. The van der Waals surface area contributed by atoms with Gasteiger partial charge in [0.2, 0.25) is 0 Å². The fourth-order valence-corrected chi connectivity index (χ4v) is 2.37. The second kappa shape index (κ2) is 5.35. The number of anilines is 1. The van der Waals surface area contributed by atoms with Crippen molar-refractivity contribution >= 4 is 23.3 Å². The summed E-state index contributed by atoms with van der Waals surface area (Å²) in [7, 11) is 0. The normalized spacial score (nSPS) is 16.3. The highest BCUT2D eigenvalue weighted by molar-refractivity contribution is 6.33. The summed E-state index contributed by atoms with van der Waals surface area (Å²) in [6, 6.07) is 1.56. The zero-order valence-electron chi connectivity index (χ0n) is 11.2. The fraction of sp³-hybridized carbons (Fsp3) is 0.538. The third kappa shape index (κ3) is 2.98. The number of aromatic nitrogens is 1. The van der Waals surface area contributed by atoms with E-state index in [1.165, 1.54) is 19.0 Å². The molecular weight excluding hydrogens is 264 g/mol. The minimum Gasteiger partial charge on any atom is -0.351 e. The number of nitrogens with two attached hydrogens (primary N) is 1. The molecule has 1 amide bonds. The predicted octanol–water partition coefficient (Wildman–Crippen LogP) is 2.19. The third-order valence-electron chi connectivity index (χ3n) is 3.96. The van der Waals surface area contributed by atoms with Gasteiger partial charge in [0.15, 0.2) is 5.82 Å². The summed E-state index contributed by atoms with van der Waals surface area (Å²) < 4.78 is 0. The Morgan fingerprint density at radius 2 is 2.26 bits per heavy atom. The zero-order valence-corrected chi connectivity index (χ0v) is 11.9. The van der Waals surface area contributed by atoms with Crippen LogP contribution < -0.4 is 16.6 Å². The molecule has 1 heterocycles. The molecule has 6 heteroatoms. The van der Waals surface area contributed by atoms with Crippen molar-refractivity contribution in [2.24, 2.45) is 17.2 Å². The van der Waals surface area contributed by atoms with Crippen LogP contribution in [0.15, 0.2) is 12.3 Å². The summed E-state index contributed by atoms with van der Waals surface area (Å²) in [6.07, 6.45) is 3.82. The quantitative estimate of drug-likeness (QED) is 0.571. The van der Waals surface area contributed by atoms with E-state index in [1.54, 1.807) is 6.07 Å². The van der Waals surface area contributed by atoms with E-state index in [-0.39, 0.29) is 11.3 Å². The standard InChI is InChI=1S/C13H19ClN4O/c1-8(2)13(3-4-13)7-17-12(19)9-5-10(14)11(18-15)16-6-9/h5-6,8H,3-4,7,15H2,1-2H3,(H,16,18)(H,17,19). The summed E-state index contributed by atoms with van der Waals surface area (Å²) in [5.41, 5.74) is 3.10. The number of nitrogen functional groups attached to an aromatic ring is 1. The Labute approximate surface area is 117 Å². The van der Waals surface area contributed by atoms with E-state index in [0.29, 0.717) is 28.9 Å². The van der Waals surface area contributed by atoms with Crippen LogP contribution in [0.1, 0.15) is 37.0 Å². The summed E-state index contributed by atoms with van der Waals surface area (Å²) in [5, 5.41) is 3.29. The first-order valence-corrected chi connectivity index (χ1v) is 6.77. The monoisotopic (exact) mass is 282 g/mol. The topological polar surface area (TPSA) is 80.0 Å². The van der Waals surface area contributed by atoms with Gasteiger partial charge in [0.05, 0.1) is 10.6 Å². The molecule has 1 aliphatic carbocycles. The second-order valence-electron chi connectivity index (χ2n) is 5.40. The van der Waals surface area contributed by atoms with Crippen LogP contribution in [0, 0.1) is 11.3 Å². The molecule has 0 aromatic carbocycles. The molecule has 104 valence electrons. The van der Waals surface area contributed by atoms with E-state index < -0.39 is 0 Å². The fourth-order valence-electron chi connectivity index (χ4n) is 2.15. The highest BCUT2D eigenvalue weighted by atomic mass is 35.5. The number of rotatable bonds is 5. The largest absolute Gasteiger partial charge is 0.351 e. The molecule has 0 unspecified atom stereocenters. The molecule has 1 fully saturated rings. The Hall–Kier alpha value is -1.33. The molecule has 1 aliphatic rings. The van der Waals surface area contributed by atoms with Gasteiger partial charge >= 0.3 is 0 Å². The maximum Gasteiger partial charge on any atom is 0.252 e. The highest BCUT2D eigenvalue weighted by Crippen LogP contribution is 2.51. The Balaban J connectivity index is 1.99. The van der Waals surface area contributed by atoms with Crippen molar-refractivity contribution in [2.45, 2.75) is 26.7 Å². The molecule has 5 nitrogen and oxygen atoms in total. The average molecular weight is 283 g/mol. The van der Waals surface area contributed by atoms with Crippen molar-refractivity contribution in [2.75, 3.05) is 12.0 Å². The summed E-state index contributed by atoms with van der Waals surface area (Å²) in [5.74, 6) is 6.03. The molecule has 0 radical (unpaired) electrons. The Kier molecular flexibility index (Phi) is 3.96. The van der Waals surface area contributed by atoms with Gasteiger partial charge in [0.25, 0.3) is 5.91 Å². The molecule has 1 aromatic heterocycles.